The van der Waals surface area contributed by atoms with Crippen LogP contribution in [0.2, 0.25) is 0 Å². The first-order valence-corrected chi connectivity index (χ1v) is 14.1. The number of likely N-dealkylation sites (N-methyl/N-ethyl adjacent to an activating group) is 1. The van der Waals surface area contributed by atoms with Gasteiger partial charge in [-0.2, -0.15) is 0 Å². The maximum atomic E-state index is 13.2. The van der Waals surface area contributed by atoms with Gasteiger partial charge < -0.3 is 15.5 Å². The average Bonchev–Trinajstić information content (AvgIpc) is 3.20. The molecule has 2 N–H and O–H groups in total. The Kier molecular flexibility index (Phi) is 5.99. The van der Waals surface area contributed by atoms with E-state index in [-0.39, 0.29) is 5.25 Å². The Hall–Kier alpha value is -2.88. The van der Waals surface area contributed by atoms with Crippen molar-refractivity contribution in [3.8, 4) is 22.4 Å². The number of nitrogens with two attached hydrogens (primary N) is 1. The van der Waals surface area contributed by atoms with Gasteiger partial charge in [0.1, 0.15) is 9.04 Å². The highest BCUT2D eigenvalue weighted by Gasteiger charge is 2.29. The molecule has 1 saturated heterocycles. The van der Waals surface area contributed by atoms with E-state index in [2.05, 4.69) is 45.0 Å². The fraction of sp³-hybridized carbons (Fsp3) is 0.346. The molecule has 0 amide bonds. The third kappa shape index (κ3) is 4.22. The van der Waals surface area contributed by atoms with Crippen LogP contribution in [0.25, 0.3) is 32.6 Å². The zero-order chi connectivity index (χ0) is 23.9. The van der Waals surface area contributed by atoms with Crippen molar-refractivity contribution in [1.29, 1.82) is 0 Å². The number of piperazine rings is 1. The van der Waals surface area contributed by atoms with E-state index in [1.54, 1.807) is 0 Å². The molecule has 35 heavy (non-hydrogen) atoms. The van der Waals surface area contributed by atoms with Crippen LogP contribution in [0.15, 0.2) is 53.0 Å². The molecule has 1 aromatic carbocycles. The lowest BCUT2D eigenvalue weighted by Crippen LogP contribution is -2.45. The number of rotatable bonds is 5. The summed E-state index contributed by atoms with van der Waals surface area (Å²) in [7, 11) is 1.05. The van der Waals surface area contributed by atoms with E-state index < -0.39 is 10.8 Å². The quantitative estimate of drug-likeness (QED) is 0.431. The van der Waals surface area contributed by atoms with Gasteiger partial charge >= 0.3 is 0 Å². The zero-order valence-electron chi connectivity index (χ0n) is 19.7. The molecule has 1 atom stereocenters. The summed E-state index contributed by atoms with van der Waals surface area (Å²) in [5.74, 6) is 0.754. The zero-order valence-corrected chi connectivity index (χ0v) is 21.3. The van der Waals surface area contributed by atoms with Gasteiger partial charge in [0, 0.05) is 54.8 Å². The summed E-state index contributed by atoms with van der Waals surface area (Å²) < 4.78 is 14.0. The lowest BCUT2D eigenvalue weighted by atomic mass is 10.00. The van der Waals surface area contributed by atoms with Crippen LogP contribution in [0.4, 0.5) is 11.6 Å². The number of aromatic nitrogens is 3. The molecular formula is C26H28N6OS2. The van der Waals surface area contributed by atoms with Gasteiger partial charge in [-0.25, -0.2) is 15.0 Å². The molecule has 1 aliphatic carbocycles. The van der Waals surface area contributed by atoms with Crippen molar-refractivity contribution in [1.82, 2.24) is 19.9 Å². The van der Waals surface area contributed by atoms with Crippen molar-refractivity contribution in [2.75, 3.05) is 43.9 Å². The minimum absolute atomic E-state index is 0.209. The Balaban J connectivity index is 1.42. The van der Waals surface area contributed by atoms with E-state index >= 15 is 0 Å². The maximum Gasteiger partial charge on any atom is 0.225 e. The number of hydrogen-bond donors (Lipinski definition) is 1. The van der Waals surface area contributed by atoms with Crippen LogP contribution in [0.3, 0.4) is 0 Å². The number of nitrogen functional groups attached to an aromatic ring is 1. The van der Waals surface area contributed by atoms with Crippen molar-refractivity contribution in [3.63, 3.8) is 0 Å². The Morgan fingerprint density at radius 1 is 1.03 bits per heavy atom. The fourth-order valence-electron chi connectivity index (χ4n) is 4.60. The predicted octanol–water partition coefficient (Wildman–Crippen LogP) is 4.41. The number of pyridine rings is 1. The molecule has 0 bridgehead atoms. The SMILES string of the molecule is CN1CCN(c2ncc(-c3cc(-c4ccccc4)c4c(N)c(S(=O)C5CCC5)sc4n3)cn2)CC1. The van der Waals surface area contributed by atoms with Crippen LogP contribution < -0.4 is 10.6 Å². The maximum absolute atomic E-state index is 13.2. The standard InChI is InChI=1S/C26H28N6OS2/c1-31-10-12-32(13-11-31)26-28-15-18(16-29-26)21-14-20(17-6-3-2-4-7-17)22-23(27)25(34-24(22)30-21)35(33)19-8-5-9-19/h2-4,6-7,14-16,19H,5,8-13,27H2,1H3. The summed E-state index contributed by atoms with van der Waals surface area (Å²) in [6, 6.07) is 12.2. The molecule has 1 saturated carbocycles. The van der Waals surface area contributed by atoms with Crippen molar-refractivity contribution in [2.24, 2.45) is 0 Å². The molecule has 2 aliphatic rings. The van der Waals surface area contributed by atoms with Crippen molar-refractivity contribution < 1.29 is 4.21 Å². The van der Waals surface area contributed by atoms with Crippen LogP contribution in [-0.2, 0) is 10.8 Å². The summed E-state index contributed by atoms with van der Waals surface area (Å²) in [6.07, 6.45) is 6.86. The number of anilines is 2. The Bertz CT molecular complexity index is 1380. The molecule has 1 unspecified atom stereocenters. The minimum Gasteiger partial charge on any atom is -0.396 e. The van der Waals surface area contributed by atoms with Gasteiger partial charge in [0.25, 0.3) is 0 Å². The summed E-state index contributed by atoms with van der Waals surface area (Å²) in [5, 5.41) is 1.10. The van der Waals surface area contributed by atoms with Crippen molar-refractivity contribution in [3.05, 3.63) is 48.8 Å². The minimum atomic E-state index is -1.09. The van der Waals surface area contributed by atoms with E-state index in [9.17, 15) is 4.21 Å². The van der Waals surface area contributed by atoms with E-state index in [1.807, 2.05) is 30.6 Å². The molecule has 2 fully saturated rings. The highest BCUT2D eigenvalue weighted by molar-refractivity contribution is 7.88. The van der Waals surface area contributed by atoms with Gasteiger partial charge in [-0.05, 0) is 37.1 Å². The Labute approximate surface area is 211 Å². The van der Waals surface area contributed by atoms with Gasteiger partial charge in [-0.3, -0.25) is 4.21 Å². The monoisotopic (exact) mass is 504 g/mol. The molecule has 4 aromatic rings. The van der Waals surface area contributed by atoms with Crippen LogP contribution in [0.1, 0.15) is 19.3 Å². The lowest BCUT2D eigenvalue weighted by Gasteiger charge is -2.32. The summed E-state index contributed by atoms with van der Waals surface area (Å²) >= 11 is 1.46. The second-order valence-electron chi connectivity index (χ2n) is 9.32. The van der Waals surface area contributed by atoms with Crippen LogP contribution in [0.5, 0.6) is 0 Å². The Morgan fingerprint density at radius 2 is 1.74 bits per heavy atom. The van der Waals surface area contributed by atoms with Crippen LogP contribution >= 0.6 is 11.3 Å². The molecule has 0 radical (unpaired) electrons. The van der Waals surface area contributed by atoms with Crippen molar-refractivity contribution >= 4 is 44.0 Å². The number of fused-ring (bicyclic) bond motifs is 1. The molecule has 7 nitrogen and oxygen atoms in total. The molecule has 9 heteroatoms. The highest BCUT2D eigenvalue weighted by atomic mass is 32.2. The predicted molar refractivity (Wildman–Crippen MR) is 144 cm³/mol. The first-order valence-electron chi connectivity index (χ1n) is 12.0. The number of thiophene rings is 1. The first-order chi connectivity index (χ1) is 17.1. The normalized spacial score (nSPS) is 18.0. The second kappa shape index (κ2) is 9.29. The number of hydrogen-bond acceptors (Lipinski definition) is 8. The average molecular weight is 505 g/mol. The van der Waals surface area contributed by atoms with E-state index in [0.717, 1.165) is 88.2 Å². The second-order valence-corrected chi connectivity index (χ2v) is 12.2. The largest absolute Gasteiger partial charge is 0.396 e. The third-order valence-electron chi connectivity index (χ3n) is 7.01. The molecule has 0 spiro atoms. The molecule has 180 valence electrons. The fourth-order valence-corrected chi connectivity index (χ4v) is 7.81. The molecule has 1 aliphatic heterocycles. The van der Waals surface area contributed by atoms with E-state index in [0.29, 0.717) is 5.69 Å². The topological polar surface area (TPSA) is 88.2 Å². The summed E-state index contributed by atoms with van der Waals surface area (Å²) in [6.45, 7) is 3.86. The van der Waals surface area contributed by atoms with Gasteiger partial charge in [0.15, 0.2) is 0 Å². The van der Waals surface area contributed by atoms with E-state index in [4.69, 9.17) is 10.7 Å². The molecule has 6 rings (SSSR count). The Morgan fingerprint density at radius 3 is 2.40 bits per heavy atom. The first kappa shape index (κ1) is 22.6. The van der Waals surface area contributed by atoms with Crippen molar-refractivity contribution in [2.45, 2.75) is 28.7 Å². The molecule has 3 aromatic heterocycles. The van der Waals surface area contributed by atoms with Gasteiger partial charge in [-0.1, -0.05) is 36.8 Å². The smallest absolute Gasteiger partial charge is 0.225 e. The van der Waals surface area contributed by atoms with Gasteiger partial charge in [0.05, 0.1) is 22.2 Å². The summed E-state index contributed by atoms with van der Waals surface area (Å²) in [5.41, 5.74) is 11.0. The van der Waals surface area contributed by atoms with Gasteiger partial charge in [-0.15, -0.1) is 11.3 Å². The van der Waals surface area contributed by atoms with Crippen LogP contribution in [0, 0.1) is 0 Å². The third-order valence-corrected chi connectivity index (χ3v) is 10.3. The molecular weight excluding hydrogens is 476 g/mol. The van der Waals surface area contributed by atoms with Gasteiger partial charge in [0.2, 0.25) is 5.95 Å². The number of nitrogens with zero attached hydrogens (tertiary/aromatic N) is 5. The van der Waals surface area contributed by atoms with Crippen LogP contribution in [-0.4, -0.2) is 62.5 Å². The highest BCUT2D eigenvalue weighted by Crippen LogP contribution is 2.44. The lowest BCUT2D eigenvalue weighted by molar-refractivity contribution is 0.311. The number of benzene rings is 1. The summed E-state index contributed by atoms with van der Waals surface area (Å²) in [4.78, 5) is 19.6. The van der Waals surface area contributed by atoms with E-state index in [1.165, 1.54) is 11.3 Å². The molecule has 4 heterocycles.